The first kappa shape index (κ1) is 13.3. The molecule has 1 rings (SSSR count). The monoisotopic (exact) mass is 308 g/mol. The van der Waals surface area contributed by atoms with Gasteiger partial charge in [-0.1, -0.05) is 15.9 Å². The zero-order chi connectivity index (χ0) is 12.3. The number of rotatable bonds is 4. The van der Waals surface area contributed by atoms with E-state index in [0.717, 1.165) is 6.26 Å². The maximum absolute atomic E-state index is 13.0. The molecule has 0 N–H and O–H groups in total. The standard InChI is InChI=1S/C10H10BrFO3S/c1-16(14,15)6-10(13)4-7-2-8(11)5-9(12)3-7/h2-3,5H,4,6H2,1H3. The van der Waals surface area contributed by atoms with Crippen LogP contribution in [0, 0.1) is 5.82 Å². The highest BCUT2D eigenvalue weighted by Crippen LogP contribution is 2.15. The van der Waals surface area contributed by atoms with Crippen molar-refractivity contribution in [3.8, 4) is 0 Å². The fraction of sp³-hybridized carbons (Fsp3) is 0.300. The van der Waals surface area contributed by atoms with Crippen molar-refractivity contribution in [2.24, 2.45) is 0 Å². The second-order valence-corrected chi connectivity index (χ2v) is 6.62. The molecule has 0 atom stereocenters. The summed E-state index contributed by atoms with van der Waals surface area (Å²) >= 11 is 3.09. The first-order valence-corrected chi connectivity index (χ1v) is 7.26. The molecule has 0 spiro atoms. The molecule has 0 heterocycles. The molecule has 1 aromatic carbocycles. The third kappa shape index (κ3) is 4.85. The van der Waals surface area contributed by atoms with Crippen molar-refractivity contribution in [1.29, 1.82) is 0 Å². The second-order valence-electron chi connectivity index (χ2n) is 3.56. The van der Waals surface area contributed by atoms with Gasteiger partial charge in [-0.15, -0.1) is 0 Å². The largest absolute Gasteiger partial charge is 0.298 e. The van der Waals surface area contributed by atoms with Gasteiger partial charge in [-0.25, -0.2) is 12.8 Å². The number of sulfone groups is 1. The molecule has 0 aliphatic rings. The van der Waals surface area contributed by atoms with Crippen molar-refractivity contribution in [2.75, 3.05) is 12.0 Å². The Labute approximate surface area is 102 Å². The average molecular weight is 309 g/mol. The summed E-state index contributed by atoms with van der Waals surface area (Å²) in [7, 11) is -3.32. The summed E-state index contributed by atoms with van der Waals surface area (Å²) in [4.78, 5) is 11.3. The Balaban J connectivity index is 2.77. The van der Waals surface area contributed by atoms with Crippen molar-refractivity contribution in [3.63, 3.8) is 0 Å². The predicted octanol–water partition coefficient (Wildman–Crippen LogP) is 1.74. The molecule has 3 nitrogen and oxygen atoms in total. The highest BCUT2D eigenvalue weighted by Gasteiger charge is 2.12. The van der Waals surface area contributed by atoms with E-state index in [1.165, 1.54) is 12.1 Å². The number of hydrogen-bond acceptors (Lipinski definition) is 3. The molecule has 0 saturated heterocycles. The van der Waals surface area contributed by atoms with Crippen LogP contribution < -0.4 is 0 Å². The van der Waals surface area contributed by atoms with Crippen LogP contribution in [-0.4, -0.2) is 26.2 Å². The van der Waals surface area contributed by atoms with Gasteiger partial charge >= 0.3 is 0 Å². The smallest absolute Gasteiger partial charge is 0.154 e. The van der Waals surface area contributed by atoms with E-state index in [1.807, 2.05) is 0 Å². The number of ketones is 1. The molecule has 88 valence electrons. The lowest BCUT2D eigenvalue weighted by molar-refractivity contribution is -0.116. The van der Waals surface area contributed by atoms with Crippen LogP contribution in [0.1, 0.15) is 5.56 Å². The fourth-order valence-corrected chi connectivity index (χ4v) is 2.48. The Hall–Kier alpha value is -0.750. The molecule has 0 aromatic heterocycles. The van der Waals surface area contributed by atoms with Gasteiger partial charge in [-0.3, -0.25) is 4.79 Å². The molecular formula is C10H10BrFO3S. The molecule has 0 unspecified atom stereocenters. The minimum Gasteiger partial charge on any atom is -0.298 e. The van der Waals surface area contributed by atoms with Crippen LogP contribution in [0.25, 0.3) is 0 Å². The maximum atomic E-state index is 13.0. The number of carbonyl (C=O) groups is 1. The lowest BCUT2D eigenvalue weighted by Gasteiger charge is -2.01. The molecule has 0 fully saturated rings. The normalized spacial score (nSPS) is 11.4. The molecule has 6 heteroatoms. The van der Waals surface area contributed by atoms with E-state index in [0.29, 0.717) is 10.0 Å². The Bertz CT molecular complexity index is 491. The molecule has 0 aliphatic heterocycles. The minimum absolute atomic E-state index is 0.0799. The van der Waals surface area contributed by atoms with Gasteiger partial charge < -0.3 is 0 Å². The molecule has 16 heavy (non-hydrogen) atoms. The Morgan fingerprint density at radius 3 is 2.50 bits per heavy atom. The molecule has 0 saturated carbocycles. The van der Waals surface area contributed by atoms with E-state index in [2.05, 4.69) is 15.9 Å². The number of carbonyl (C=O) groups excluding carboxylic acids is 1. The van der Waals surface area contributed by atoms with Gasteiger partial charge in [0.15, 0.2) is 15.6 Å². The fourth-order valence-electron chi connectivity index (χ4n) is 1.28. The molecule has 0 radical (unpaired) electrons. The van der Waals surface area contributed by atoms with Crippen LogP contribution in [0.3, 0.4) is 0 Å². The van der Waals surface area contributed by atoms with Gasteiger partial charge in [0, 0.05) is 17.1 Å². The van der Waals surface area contributed by atoms with E-state index in [4.69, 9.17) is 0 Å². The molecule has 0 aliphatic carbocycles. The average Bonchev–Trinajstić information content (AvgIpc) is 1.96. The summed E-state index contributed by atoms with van der Waals surface area (Å²) in [6.45, 7) is 0. The van der Waals surface area contributed by atoms with Gasteiger partial charge in [0.25, 0.3) is 0 Å². The molecule has 1 aromatic rings. The van der Waals surface area contributed by atoms with Gasteiger partial charge in [-0.05, 0) is 23.8 Å². The van der Waals surface area contributed by atoms with Gasteiger partial charge in [0.1, 0.15) is 11.6 Å². The van der Waals surface area contributed by atoms with E-state index >= 15 is 0 Å². The maximum Gasteiger partial charge on any atom is 0.154 e. The van der Waals surface area contributed by atoms with Crippen molar-refractivity contribution in [3.05, 3.63) is 34.1 Å². The van der Waals surface area contributed by atoms with Crippen molar-refractivity contribution < 1.29 is 17.6 Å². The van der Waals surface area contributed by atoms with Crippen LogP contribution in [0.15, 0.2) is 22.7 Å². The van der Waals surface area contributed by atoms with Gasteiger partial charge in [0.2, 0.25) is 0 Å². The van der Waals surface area contributed by atoms with E-state index < -0.39 is 27.2 Å². The van der Waals surface area contributed by atoms with Gasteiger partial charge in [-0.2, -0.15) is 0 Å². The molecular weight excluding hydrogens is 299 g/mol. The van der Waals surface area contributed by atoms with E-state index in [-0.39, 0.29) is 6.42 Å². The number of halogens is 2. The summed E-state index contributed by atoms with van der Waals surface area (Å²) in [5, 5.41) is 0. The van der Waals surface area contributed by atoms with Gasteiger partial charge in [0.05, 0.1) is 0 Å². The zero-order valence-corrected chi connectivity index (χ0v) is 10.9. The lowest BCUT2D eigenvalue weighted by atomic mass is 10.1. The zero-order valence-electron chi connectivity index (χ0n) is 8.54. The van der Waals surface area contributed by atoms with E-state index in [9.17, 15) is 17.6 Å². The quantitative estimate of drug-likeness (QED) is 0.851. The molecule has 0 bridgehead atoms. The number of benzene rings is 1. The first-order chi connectivity index (χ1) is 7.26. The Morgan fingerprint density at radius 1 is 1.38 bits per heavy atom. The lowest BCUT2D eigenvalue weighted by Crippen LogP contribution is -2.16. The summed E-state index contributed by atoms with van der Waals surface area (Å²) in [6.07, 6.45) is 0.913. The second kappa shape index (κ2) is 5.05. The van der Waals surface area contributed by atoms with Crippen molar-refractivity contribution in [1.82, 2.24) is 0 Å². The van der Waals surface area contributed by atoms with Crippen LogP contribution in [0.4, 0.5) is 4.39 Å². The van der Waals surface area contributed by atoms with Crippen LogP contribution in [0.5, 0.6) is 0 Å². The molecule has 0 amide bonds. The third-order valence-electron chi connectivity index (χ3n) is 1.75. The highest BCUT2D eigenvalue weighted by molar-refractivity contribution is 9.10. The third-order valence-corrected chi connectivity index (χ3v) is 3.05. The Kier molecular flexibility index (Phi) is 4.21. The SMILES string of the molecule is CS(=O)(=O)CC(=O)Cc1cc(F)cc(Br)c1. The van der Waals surface area contributed by atoms with Crippen LogP contribution >= 0.6 is 15.9 Å². The summed E-state index contributed by atoms with van der Waals surface area (Å²) < 4.78 is 35.2. The van der Waals surface area contributed by atoms with E-state index in [1.54, 1.807) is 6.07 Å². The summed E-state index contributed by atoms with van der Waals surface area (Å²) in [5.74, 6) is -1.42. The summed E-state index contributed by atoms with van der Waals surface area (Å²) in [6, 6.07) is 4.07. The predicted molar refractivity (Wildman–Crippen MR) is 62.5 cm³/mol. The summed E-state index contributed by atoms with van der Waals surface area (Å²) in [5.41, 5.74) is 0.459. The first-order valence-electron chi connectivity index (χ1n) is 4.41. The Morgan fingerprint density at radius 2 is 2.00 bits per heavy atom. The van der Waals surface area contributed by atoms with Crippen LogP contribution in [-0.2, 0) is 21.1 Å². The number of hydrogen-bond donors (Lipinski definition) is 0. The van der Waals surface area contributed by atoms with Crippen molar-refractivity contribution >= 4 is 31.6 Å². The minimum atomic E-state index is -3.32. The topological polar surface area (TPSA) is 51.2 Å². The highest BCUT2D eigenvalue weighted by atomic mass is 79.9. The van der Waals surface area contributed by atoms with Crippen molar-refractivity contribution in [2.45, 2.75) is 6.42 Å². The van der Waals surface area contributed by atoms with Crippen LogP contribution in [0.2, 0.25) is 0 Å². The number of Topliss-reactive ketones (excluding diaryl/α,β-unsaturated/α-hetero) is 1.